The van der Waals surface area contributed by atoms with Gasteiger partial charge in [0.1, 0.15) is 0 Å². The van der Waals surface area contributed by atoms with Gasteiger partial charge < -0.3 is 0 Å². The molecule has 0 heterocycles. The zero-order valence-electron chi connectivity index (χ0n) is 7.57. The zero-order valence-corrected chi connectivity index (χ0v) is 7.57. The lowest BCUT2D eigenvalue weighted by atomic mass is 10.1. The third-order valence-electron chi connectivity index (χ3n) is 1.90. The lowest BCUT2D eigenvalue weighted by Crippen LogP contribution is -1.79. The van der Waals surface area contributed by atoms with E-state index in [1.807, 2.05) is 0 Å². The van der Waals surface area contributed by atoms with Crippen LogP contribution in [0.3, 0.4) is 0 Å². The molecule has 0 nitrogen and oxygen atoms in total. The largest absolute Gasteiger partial charge is 0.0887 e. The van der Waals surface area contributed by atoms with Crippen LogP contribution < -0.4 is 0 Å². The molecule has 0 heteroatoms. The van der Waals surface area contributed by atoms with Crippen molar-refractivity contribution < 1.29 is 0 Å². The molecule has 0 spiro atoms. The Hall–Kier alpha value is -0.520. The summed E-state index contributed by atoms with van der Waals surface area (Å²) in [4.78, 5) is 0. The molecule has 10 heavy (non-hydrogen) atoms. The molecule has 0 aromatic rings. The Morgan fingerprint density at radius 2 is 1.20 bits per heavy atom. The smallest absolute Gasteiger partial charge is 0.0286 e. The molecule has 0 radical (unpaired) electrons. The summed E-state index contributed by atoms with van der Waals surface area (Å²) >= 11 is 0. The summed E-state index contributed by atoms with van der Waals surface area (Å²) < 4.78 is 0. The molecular formula is C10H18. The molecule has 0 atom stereocenters. The van der Waals surface area contributed by atoms with Crippen molar-refractivity contribution in [2.45, 2.75) is 40.5 Å². The fraction of sp³-hybridized carbons (Fsp3) is 0.600. The van der Waals surface area contributed by atoms with E-state index in [9.17, 15) is 0 Å². The van der Waals surface area contributed by atoms with E-state index in [0.29, 0.717) is 0 Å². The molecule has 0 fully saturated rings. The van der Waals surface area contributed by atoms with Crippen LogP contribution >= 0.6 is 0 Å². The van der Waals surface area contributed by atoms with Crippen LogP contribution in [0.15, 0.2) is 23.3 Å². The van der Waals surface area contributed by atoms with Gasteiger partial charge >= 0.3 is 0 Å². The van der Waals surface area contributed by atoms with Crippen molar-refractivity contribution in [3.05, 3.63) is 23.3 Å². The highest BCUT2D eigenvalue weighted by molar-refractivity contribution is 5.03. The minimum atomic E-state index is 1.21. The summed E-state index contributed by atoms with van der Waals surface area (Å²) in [5, 5.41) is 0. The van der Waals surface area contributed by atoms with Gasteiger partial charge in [-0.15, -0.1) is 0 Å². The van der Waals surface area contributed by atoms with E-state index in [0.717, 1.165) is 0 Å². The van der Waals surface area contributed by atoms with Gasteiger partial charge in [-0.3, -0.25) is 0 Å². The highest BCUT2D eigenvalue weighted by Gasteiger charge is 1.89. The van der Waals surface area contributed by atoms with Crippen molar-refractivity contribution >= 4 is 0 Å². The molecule has 0 saturated carbocycles. The predicted octanol–water partition coefficient (Wildman–Crippen LogP) is 3.70. The van der Waals surface area contributed by atoms with E-state index in [2.05, 4.69) is 39.8 Å². The second-order valence-corrected chi connectivity index (χ2v) is 2.77. The summed E-state index contributed by atoms with van der Waals surface area (Å²) in [7, 11) is 0. The van der Waals surface area contributed by atoms with Gasteiger partial charge in [-0.25, -0.2) is 0 Å². The van der Waals surface area contributed by atoms with Gasteiger partial charge in [0.25, 0.3) is 0 Å². The van der Waals surface area contributed by atoms with Gasteiger partial charge in [0.2, 0.25) is 0 Å². The quantitative estimate of drug-likeness (QED) is 0.522. The maximum atomic E-state index is 2.18. The maximum Gasteiger partial charge on any atom is -0.0286 e. The van der Waals surface area contributed by atoms with E-state index in [1.54, 1.807) is 0 Å². The molecule has 0 aromatic heterocycles. The molecule has 0 aromatic carbocycles. The van der Waals surface area contributed by atoms with Crippen molar-refractivity contribution in [1.82, 2.24) is 0 Å². The molecule has 0 saturated heterocycles. The molecule has 0 bridgehead atoms. The standard InChI is InChI=1S/C10H18/c1-5-9(3)7-8-10(4)6-2/h5-6H,7-8H2,1-4H3/b9-5+,10-6+. The van der Waals surface area contributed by atoms with Crippen molar-refractivity contribution in [3.63, 3.8) is 0 Å². The van der Waals surface area contributed by atoms with Gasteiger partial charge in [0.15, 0.2) is 0 Å². The lowest BCUT2D eigenvalue weighted by molar-refractivity contribution is 0.919. The van der Waals surface area contributed by atoms with Crippen LogP contribution in [0.25, 0.3) is 0 Å². The fourth-order valence-corrected chi connectivity index (χ4v) is 0.683. The highest BCUT2D eigenvalue weighted by Crippen LogP contribution is 2.09. The molecule has 0 aliphatic rings. The Labute approximate surface area is 64.6 Å². The first kappa shape index (κ1) is 9.48. The first-order valence-corrected chi connectivity index (χ1v) is 3.94. The number of hydrogen-bond donors (Lipinski definition) is 0. The Bertz CT molecular complexity index is 120. The van der Waals surface area contributed by atoms with Crippen molar-refractivity contribution in [3.8, 4) is 0 Å². The highest BCUT2D eigenvalue weighted by atomic mass is 14.0. The second kappa shape index (κ2) is 5.28. The minimum absolute atomic E-state index is 1.21. The van der Waals surface area contributed by atoms with Gasteiger partial charge in [0.05, 0.1) is 0 Å². The molecule has 0 aliphatic heterocycles. The van der Waals surface area contributed by atoms with Gasteiger partial charge in [-0.1, -0.05) is 23.3 Å². The molecule has 0 rings (SSSR count). The maximum absolute atomic E-state index is 2.18. The monoisotopic (exact) mass is 138 g/mol. The van der Waals surface area contributed by atoms with E-state index in [1.165, 1.54) is 24.0 Å². The van der Waals surface area contributed by atoms with E-state index < -0.39 is 0 Å². The van der Waals surface area contributed by atoms with Crippen molar-refractivity contribution in [2.24, 2.45) is 0 Å². The SMILES string of the molecule is C/C=C(\C)CC/C(C)=C/C. The zero-order chi connectivity index (χ0) is 7.98. The average molecular weight is 138 g/mol. The lowest BCUT2D eigenvalue weighted by Gasteiger charge is -1.99. The van der Waals surface area contributed by atoms with Crippen LogP contribution in [0.5, 0.6) is 0 Å². The normalized spacial score (nSPS) is 14.0. The van der Waals surface area contributed by atoms with Crippen LogP contribution in [0.4, 0.5) is 0 Å². The molecule has 0 amide bonds. The van der Waals surface area contributed by atoms with Gasteiger partial charge in [-0.05, 0) is 40.5 Å². The third-order valence-corrected chi connectivity index (χ3v) is 1.90. The van der Waals surface area contributed by atoms with Crippen molar-refractivity contribution in [1.29, 1.82) is 0 Å². The predicted molar refractivity (Wildman–Crippen MR) is 48.1 cm³/mol. The Kier molecular flexibility index (Phi) is 5.00. The Morgan fingerprint density at radius 3 is 1.40 bits per heavy atom. The number of allylic oxidation sites excluding steroid dienone is 4. The first-order valence-electron chi connectivity index (χ1n) is 3.94. The van der Waals surface area contributed by atoms with Gasteiger partial charge in [-0.2, -0.15) is 0 Å². The second-order valence-electron chi connectivity index (χ2n) is 2.77. The molecule has 0 aliphatic carbocycles. The summed E-state index contributed by atoms with van der Waals surface area (Å²) in [6, 6.07) is 0. The van der Waals surface area contributed by atoms with Crippen LogP contribution in [-0.2, 0) is 0 Å². The van der Waals surface area contributed by atoms with E-state index in [4.69, 9.17) is 0 Å². The van der Waals surface area contributed by atoms with Crippen molar-refractivity contribution in [2.75, 3.05) is 0 Å². The molecule has 58 valence electrons. The summed E-state index contributed by atoms with van der Waals surface area (Å²) in [5.41, 5.74) is 2.97. The Balaban J connectivity index is 3.56. The first-order chi connectivity index (χ1) is 4.70. The number of rotatable bonds is 3. The van der Waals surface area contributed by atoms with Crippen LogP contribution in [0.1, 0.15) is 40.5 Å². The molecule has 0 unspecified atom stereocenters. The molecule has 0 N–H and O–H groups in total. The molecular weight excluding hydrogens is 120 g/mol. The minimum Gasteiger partial charge on any atom is -0.0887 e. The summed E-state index contributed by atoms with van der Waals surface area (Å²) in [6.07, 6.45) is 6.80. The van der Waals surface area contributed by atoms with Crippen LogP contribution in [-0.4, -0.2) is 0 Å². The van der Waals surface area contributed by atoms with Crippen LogP contribution in [0, 0.1) is 0 Å². The third kappa shape index (κ3) is 4.37. The number of hydrogen-bond acceptors (Lipinski definition) is 0. The van der Waals surface area contributed by atoms with E-state index >= 15 is 0 Å². The van der Waals surface area contributed by atoms with Gasteiger partial charge in [0, 0.05) is 0 Å². The van der Waals surface area contributed by atoms with E-state index in [-0.39, 0.29) is 0 Å². The summed E-state index contributed by atoms with van der Waals surface area (Å²) in [6.45, 7) is 8.56. The Morgan fingerprint density at radius 1 is 0.900 bits per heavy atom. The fourth-order valence-electron chi connectivity index (χ4n) is 0.683. The topological polar surface area (TPSA) is 0 Å². The summed E-state index contributed by atoms with van der Waals surface area (Å²) in [5.74, 6) is 0. The average Bonchev–Trinajstić information content (AvgIpc) is 1.99. The van der Waals surface area contributed by atoms with Crippen LogP contribution in [0.2, 0.25) is 0 Å².